The summed E-state index contributed by atoms with van der Waals surface area (Å²) in [6.45, 7) is 1.99. The summed E-state index contributed by atoms with van der Waals surface area (Å²) in [7, 11) is -17.7. The molecule has 1 aliphatic rings. The van der Waals surface area contributed by atoms with E-state index in [0.717, 1.165) is 61.1 Å². The topological polar surface area (TPSA) is 392 Å². The van der Waals surface area contributed by atoms with E-state index in [0.29, 0.717) is 12.8 Å². The third-order valence-electron chi connectivity index (χ3n) is 10.1. The molecule has 7 atom stereocenters. The maximum absolute atomic E-state index is 12.7. The lowest BCUT2D eigenvalue weighted by Gasteiger charge is -2.36. The highest BCUT2D eigenvalue weighted by molar-refractivity contribution is 8.13. The second kappa shape index (κ2) is 31.0. The molecule has 3 heterocycles. The molecule has 1 saturated heterocycles. The van der Waals surface area contributed by atoms with E-state index < -0.39 is 84.6 Å². The smallest absolute Gasteiger partial charge is 0.274 e. The number of aliphatic hydroxyl groups excluding tert-OH is 2. The number of Topliss-reactive ketones (excluding diaryl/α,β-unsaturated/α-hetero) is 1. The standard InChI is InChI=1S/C43H66N7O18P3S/c1-4-5-6-7-8-9-10-11-12-13-14-15-16-17-18-19-20-21-31(51)26-34(53)72-25-24-45-33(52)22-23-46-41(56)38(55)43(2,3)28-65-71(62,63)68-70(60,61)64-27-32-37(67-69(57,58)59)36(54)42(66-32)50-30-49-35-39(44)47-29-48-40(35)50/h5-6,8-9,11-12,14-15,17-18,29-30,32,36-38,42,54-55H,4,7,10,13,16,19-28H2,1-3H3,(H,45,52)(H,46,56)(H,60,61)(H,62,63)(H2,44,47,48)(H2,57,58,59)/p-4/b6-5-,9-8-,12-11-,15-14-,18-17-/t32-,36-,37-,38+,42-/m1/s1. The first kappa shape index (κ1) is 62.2. The van der Waals surface area contributed by atoms with Gasteiger partial charge in [0.25, 0.3) is 15.6 Å². The second-order valence-electron chi connectivity index (χ2n) is 16.5. The van der Waals surface area contributed by atoms with E-state index in [1.54, 1.807) is 0 Å². The molecule has 2 aromatic rings. The molecule has 0 aliphatic carbocycles. The number of fused-ring (bicyclic) bond motifs is 1. The zero-order valence-electron chi connectivity index (χ0n) is 40.0. The predicted octanol–water partition coefficient (Wildman–Crippen LogP) is 2.02. The Morgan fingerprint density at radius 3 is 2.12 bits per heavy atom. The number of nitrogen functional groups attached to an aromatic ring is 1. The van der Waals surface area contributed by atoms with Gasteiger partial charge in [-0.15, -0.1) is 0 Å². The van der Waals surface area contributed by atoms with E-state index in [1.807, 2.05) is 12.2 Å². The minimum Gasteiger partial charge on any atom is -0.790 e. The van der Waals surface area contributed by atoms with Crippen molar-refractivity contribution in [2.75, 3.05) is 37.8 Å². The number of phosphoric ester groups is 3. The average Bonchev–Trinajstić information content (AvgIpc) is 3.86. The maximum atomic E-state index is 12.7. The van der Waals surface area contributed by atoms with Crippen molar-refractivity contribution in [3.05, 3.63) is 73.4 Å². The van der Waals surface area contributed by atoms with Crippen molar-refractivity contribution < 1.29 is 85.3 Å². The van der Waals surface area contributed by atoms with Crippen LogP contribution in [0.15, 0.2) is 73.4 Å². The number of unbranched alkanes of at least 4 members (excludes halogenated alkanes) is 1. The van der Waals surface area contributed by atoms with Gasteiger partial charge in [-0.2, -0.15) is 0 Å². The molecular weight excluding hydrogens is 1030 g/mol. The number of nitrogens with zero attached hydrogens (tertiary/aromatic N) is 4. The van der Waals surface area contributed by atoms with E-state index in [4.69, 9.17) is 10.5 Å². The summed E-state index contributed by atoms with van der Waals surface area (Å²) < 4.78 is 60.8. The molecule has 2 amide bonds. The molecule has 72 heavy (non-hydrogen) atoms. The number of rotatable bonds is 34. The molecule has 1 aliphatic heterocycles. The number of ketones is 1. The number of carbonyl (C=O) groups excluding carboxylic acids is 4. The van der Waals surface area contributed by atoms with Crippen LogP contribution in [0.1, 0.15) is 91.2 Å². The Morgan fingerprint density at radius 1 is 0.889 bits per heavy atom. The summed E-state index contributed by atoms with van der Waals surface area (Å²) in [6, 6.07) is 0. The van der Waals surface area contributed by atoms with Gasteiger partial charge in [0, 0.05) is 37.1 Å². The van der Waals surface area contributed by atoms with Gasteiger partial charge in [-0.3, -0.25) is 32.9 Å². The summed E-state index contributed by atoms with van der Waals surface area (Å²) in [6.07, 6.45) is 19.3. The van der Waals surface area contributed by atoms with Crippen molar-refractivity contribution in [1.29, 1.82) is 0 Å². The summed E-state index contributed by atoms with van der Waals surface area (Å²) in [5, 5.41) is 26.0. The van der Waals surface area contributed by atoms with E-state index in [9.17, 15) is 62.7 Å². The minimum atomic E-state index is -5.94. The van der Waals surface area contributed by atoms with Crippen molar-refractivity contribution in [3.63, 3.8) is 0 Å². The highest BCUT2D eigenvalue weighted by Crippen LogP contribution is 2.56. The number of thioether (sulfide) groups is 1. The van der Waals surface area contributed by atoms with E-state index in [1.165, 1.54) is 13.8 Å². The van der Waals surface area contributed by atoms with Gasteiger partial charge in [0.2, 0.25) is 11.8 Å². The zero-order valence-corrected chi connectivity index (χ0v) is 43.5. The van der Waals surface area contributed by atoms with E-state index >= 15 is 0 Å². The van der Waals surface area contributed by atoms with Crippen molar-refractivity contribution in [3.8, 4) is 0 Å². The molecule has 3 rings (SSSR count). The molecule has 29 heteroatoms. The molecule has 0 radical (unpaired) electrons. The third kappa shape index (κ3) is 23.4. The highest BCUT2D eigenvalue weighted by atomic mass is 32.2. The Bertz CT molecular complexity index is 2390. The van der Waals surface area contributed by atoms with E-state index in [2.05, 4.69) is 99.0 Å². The predicted molar refractivity (Wildman–Crippen MR) is 256 cm³/mol. The first-order valence-electron chi connectivity index (χ1n) is 22.7. The number of nitrogens with one attached hydrogen (secondary N) is 2. The Morgan fingerprint density at radius 2 is 1.50 bits per heavy atom. The fourth-order valence-electron chi connectivity index (χ4n) is 6.36. The van der Waals surface area contributed by atoms with Crippen LogP contribution in [0.25, 0.3) is 11.2 Å². The lowest BCUT2D eigenvalue weighted by Crippen LogP contribution is -2.46. The van der Waals surface area contributed by atoms with Crippen molar-refractivity contribution in [2.45, 2.75) is 116 Å². The number of carbonyl (C=O) groups is 4. The lowest BCUT2D eigenvalue weighted by atomic mass is 9.87. The molecule has 6 N–H and O–H groups in total. The number of hydrogen-bond acceptors (Lipinski definition) is 23. The number of aliphatic hydroxyl groups is 2. The molecule has 0 spiro atoms. The van der Waals surface area contributed by atoms with Gasteiger partial charge in [-0.1, -0.05) is 93.3 Å². The molecular formula is C43H62N7O18P3S-4. The lowest BCUT2D eigenvalue weighted by molar-refractivity contribution is -0.347. The largest absolute Gasteiger partial charge is 0.790 e. The van der Waals surface area contributed by atoms with Crippen LogP contribution in [0.3, 0.4) is 0 Å². The normalized spacial score (nSPS) is 20.0. The molecule has 0 bridgehead atoms. The number of anilines is 1. The molecule has 25 nitrogen and oxygen atoms in total. The highest BCUT2D eigenvalue weighted by Gasteiger charge is 2.47. The first-order chi connectivity index (χ1) is 33.9. The zero-order chi connectivity index (χ0) is 53.4. The molecule has 0 saturated carbocycles. The average molecular weight is 1090 g/mol. The van der Waals surface area contributed by atoms with Crippen LogP contribution in [0, 0.1) is 5.41 Å². The van der Waals surface area contributed by atoms with Gasteiger partial charge in [0.15, 0.2) is 22.8 Å². The summed E-state index contributed by atoms with van der Waals surface area (Å²) in [5.74, 6) is -1.62. The summed E-state index contributed by atoms with van der Waals surface area (Å²) in [4.78, 5) is 109. The molecule has 2 aromatic heterocycles. The number of nitrogens with two attached hydrogens (primary N) is 1. The Hall–Kier alpha value is -4.07. The Labute approximate surface area is 421 Å². The van der Waals surface area contributed by atoms with Crippen LogP contribution >= 0.6 is 35.2 Å². The van der Waals surface area contributed by atoms with Gasteiger partial charge in [0.1, 0.15) is 42.0 Å². The van der Waals surface area contributed by atoms with Crippen LogP contribution < -0.4 is 35.9 Å². The van der Waals surface area contributed by atoms with Gasteiger partial charge in [0.05, 0.1) is 33.8 Å². The fraction of sp³-hybridized carbons (Fsp3) is 0.558. The monoisotopic (exact) mass is 1090 g/mol. The number of amides is 2. The first-order valence-corrected chi connectivity index (χ1v) is 28.1. The third-order valence-corrected chi connectivity index (χ3v) is 14.0. The van der Waals surface area contributed by atoms with Crippen molar-refractivity contribution in [2.24, 2.45) is 5.41 Å². The van der Waals surface area contributed by atoms with E-state index in [-0.39, 0.29) is 66.0 Å². The SMILES string of the molecule is CC/C=C\C/C=C\C/C=C\C/C=C\C/C=C\CCCC(=O)CC(=O)SCCNC(=O)CCNC(=O)[C@H](O)C(C)(C)COP(=O)([O-])OP(=O)([O-])OC[C@H]1O[C@@H](n2cnc3c(N)ncnc32)[C@H](O)[C@@H]1OP(=O)([O-])[O-]. The number of aromatic nitrogens is 4. The van der Waals surface area contributed by atoms with Crippen LogP contribution in [0.4, 0.5) is 5.82 Å². The number of ether oxygens (including phenoxy) is 1. The van der Waals surface area contributed by atoms with Crippen molar-refractivity contribution >= 4 is 74.9 Å². The quantitative estimate of drug-likeness (QED) is 0.0290. The fourth-order valence-corrected chi connectivity index (χ4v) is 9.79. The number of imidazole rings is 1. The van der Waals surface area contributed by atoms with Gasteiger partial charge >= 0.3 is 0 Å². The Kier molecular flexibility index (Phi) is 26.8. The van der Waals surface area contributed by atoms with Gasteiger partial charge in [-0.25, -0.2) is 19.3 Å². The number of phosphoric acid groups is 3. The number of allylic oxidation sites excluding steroid dienone is 10. The second-order valence-corrected chi connectivity index (χ2v) is 21.7. The van der Waals surface area contributed by atoms with Gasteiger partial charge in [-0.05, 0) is 44.9 Å². The van der Waals surface area contributed by atoms with Crippen LogP contribution in [0.5, 0.6) is 0 Å². The van der Waals surface area contributed by atoms with Gasteiger partial charge < -0.3 is 69.0 Å². The van der Waals surface area contributed by atoms with Crippen LogP contribution in [0.2, 0.25) is 0 Å². The maximum Gasteiger partial charge on any atom is 0.274 e. The van der Waals surface area contributed by atoms with Crippen LogP contribution in [-0.4, -0.2) is 109 Å². The Balaban J connectivity index is 1.30. The molecule has 1 fully saturated rings. The minimum absolute atomic E-state index is 0.0289. The summed E-state index contributed by atoms with van der Waals surface area (Å²) in [5.41, 5.74) is 4.04. The molecule has 0 aromatic carbocycles. The summed E-state index contributed by atoms with van der Waals surface area (Å²) >= 11 is 0.899. The van der Waals surface area contributed by atoms with Crippen molar-refractivity contribution in [1.82, 2.24) is 30.2 Å². The van der Waals surface area contributed by atoms with Crippen LogP contribution in [-0.2, 0) is 55.5 Å². The molecule has 402 valence electrons. The molecule has 2 unspecified atom stereocenters. The number of hydrogen-bond donors (Lipinski definition) is 5.